The van der Waals surface area contributed by atoms with Gasteiger partial charge in [-0.3, -0.25) is 19.2 Å². The van der Waals surface area contributed by atoms with E-state index in [1.165, 1.54) is 55.2 Å². The highest BCUT2D eigenvalue weighted by Crippen LogP contribution is 2.57. The van der Waals surface area contributed by atoms with Gasteiger partial charge in [-0.1, -0.05) is 95.0 Å². The third kappa shape index (κ3) is 14.5. The molecule has 0 radical (unpaired) electrons. The largest absolute Gasteiger partial charge is 0.478 e. The van der Waals surface area contributed by atoms with E-state index in [2.05, 4.69) is 109 Å². The van der Waals surface area contributed by atoms with Crippen molar-refractivity contribution in [2.45, 2.75) is 228 Å². The molecule has 13 atom stereocenters. The number of benzene rings is 1. The van der Waals surface area contributed by atoms with Gasteiger partial charge in [-0.25, -0.2) is 11.4 Å². The number of likely N-dealkylation sites (tertiary alicyclic amines) is 1. The molecule has 2 amide bonds. The molecule has 1 aromatic rings. The Bertz CT molecular complexity index is 2900. The van der Waals surface area contributed by atoms with E-state index in [0.717, 1.165) is 107 Å². The van der Waals surface area contributed by atoms with Crippen LogP contribution in [0.5, 0.6) is 0 Å². The molecule has 470 valence electrons. The van der Waals surface area contributed by atoms with Gasteiger partial charge in [0.15, 0.2) is 4.75 Å². The van der Waals surface area contributed by atoms with Crippen molar-refractivity contribution in [1.82, 2.24) is 10.2 Å². The van der Waals surface area contributed by atoms with Gasteiger partial charge in [0, 0.05) is 88.5 Å². The standard InChI is InChI=1S/C17H22N2O.C12H15NO2S.C11H17NO.C11H14O4.C11H18O.C8H11ClO/c1-13-8-9-17(18-14(2)20)10-11-19(16(17)12-13)15-6-4-3-5-7-15;1-9-4-5-11(13-2)6-7-16-12(11,8-9)10(14)15-3;1-8-3-4-10-5-6-12(9(2)13)11(10)7-8;1-2-7-3-4-8-5-9(12)15-11(8,6-7)10(13)14;1-8-6-10-4-5-12-11(10,3)7-9(8)2;9-7-5-10-8-4-2-1-3-6(7)8/h3-8,16H,9-12H2,1-2H3,(H,18,20);4H,5-8H2,1,3H3;3,10-11H,4-7H2,1-2H3;3,8H,2,4-6H2,1H3,(H,13,14);10H,4-7H2,1-3H3;1-2,6-8H,3-5H2/t16?,17-;;;;10?,11-;/m1...0./s1. The van der Waals surface area contributed by atoms with Gasteiger partial charge in [0.1, 0.15) is 0 Å². The topological polar surface area (TPSA) is 165 Å². The average Bonchev–Trinajstić information content (AvgIpc) is 2.57. The Morgan fingerprint density at radius 1 is 0.849 bits per heavy atom. The smallest absolute Gasteiger partial charge is 0.348 e. The van der Waals surface area contributed by atoms with Gasteiger partial charge in [0.05, 0.1) is 48.8 Å². The van der Waals surface area contributed by atoms with Gasteiger partial charge >= 0.3 is 17.9 Å². The number of para-hydroxylation sites is 1. The predicted octanol–water partition coefficient (Wildman–Crippen LogP) is 13.7. The number of aliphatic carboxylic acids is 1. The Hall–Kier alpha value is -5.14. The lowest BCUT2D eigenvalue weighted by Crippen LogP contribution is -2.57. The third-order valence-electron chi connectivity index (χ3n) is 21.1. The SMILES string of the molecule is CC(=O)N1CCC2CC=C(C)CC21.CC(=O)N[C@@]12CC=C(C)CC1N(c1ccccc1)CC2.CC1=C(C)C[C@]2(C)OCCC2C1.CCC1=CCC2CC(=O)OC2(C(=O)O)C1.ClC1COC2CC=CCC12.[C-]#[N+]C12CC=C(C)CC1(C(=O)OC)SCC2. The maximum absolute atomic E-state index is 12.1. The van der Waals surface area contributed by atoms with Crippen LogP contribution in [0.2, 0.25) is 0 Å². The van der Waals surface area contributed by atoms with Crippen LogP contribution in [0, 0.1) is 30.2 Å². The van der Waals surface area contributed by atoms with Crippen LogP contribution in [-0.4, -0.2) is 129 Å². The molecule has 0 saturated carbocycles. The zero-order chi connectivity index (χ0) is 62.2. The van der Waals surface area contributed by atoms with E-state index in [-0.39, 0.29) is 52.6 Å². The number of carboxylic acid groups (broad SMARTS) is 1. The Morgan fingerprint density at radius 3 is 2.27 bits per heavy atom. The first-order valence-corrected chi connectivity index (χ1v) is 33.2. The van der Waals surface area contributed by atoms with Crippen molar-refractivity contribution in [1.29, 1.82) is 0 Å². The second-order valence-electron chi connectivity index (χ2n) is 26.7. The number of hydrogen-bond donors (Lipinski definition) is 2. The molecule has 0 spiro atoms. The molecular formula is C70H97ClN4O10S. The van der Waals surface area contributed by atoms with Crippen LogP contribution in [0.25, 0.3) is 4.85 Å². The molecule has 6 saturated heterocycles. The summed E-state index contributed by atoms with van der Waals surface area (Å²) in [7, 11) is 1.42. The van der Waals surface area contributed by atoms with E-state index in [9.17, 15) is 29.1 Å². The maximum Gasteiger partial charge on any atom is 0.348 e. The molecule has 0 aromatic heterocycles. The van der Waals surface area contributed by atoms with Crippen LogP contribution in [0.4, 0.5) is 5.69 Å². The molecule has 14 nitrogen and oxygen atoms in total. The van der Waals surface area contributed by atoms with Crippen molar-refractivity contribution in [3.63, 3.8) is 0 Å². The zero-order valence-electron chi connectivity index (χ0n) is 53.0. The highest BCUT2D eigenvalue weighted by molar-refractivity contribution is 8.01. The summed E-state index contributed by atoms with van der Waals surface area (Å²) in [4.78, 5) is 65.8. The van der Waals surface area contributed by atoms with Crippen molar-refractivity contribution in [3.8, 4) is 0 Å². The number of amides is 2. The van der Waals surface area contributed by atoms with Gasteiger partial charge in [-0.15, -0.1) is 23.4 Å². The van der Waals surface area contributed by atoms with Crippen molar-refractivity contribution in [2.75, 3.05) is 44.1 Å². The van der Waals surface area contributed by atoms with E-state index in [4.69, 9.17) is 37.1 Å². The lowest BCUT2D eigenvalue weighted by Gasteiger charge is -2.42. The van der Waals surface area contributed by atoms with Crippen LogP contribution in [-0.2, 0) is 42.9 Å². The molecule has 6 aliphatic carbocycles. The highest BCUT2D eigenvalue weighted by Gasteiger charge is 2.68. The summed E-state index contributed by atoms with van der Waals surface area (Å²) in [6.45, 7) is 29.7. The number of thioether (sulfide) groups is 1. The van der Waals surface area contributed by atoms with Gasteiger partial charge in [-0.05, 0) is 149 Å². The van der Waals surface area contributed by atoms with E-state index in [0.29, 0.717) is 49.8 Å². The first kappa shape index (κ1) is 66.8. The van der Waals surface area contributed by atoms with Gasteiger partial charge in [0.25, 0.3) is 5.54 Å². The monoisotopic (exact) mass is 1220 g/mol. The number of halogens is 1. The van der Waals surface area contributed by atoms with Crippen molar-refractivity contribution in [3.05, 3.63) is 112 Å². The van der Waals surface area contributed by atoms with Crippen LogP contribution in [0.3, 0.4) is 0 Å². The molecule has 2 N–H and O–H groups in total. The summed E-state index contributed by atoms with van der Waals surface area (Å²) >= 11 is 7.63. The molecule has 0 bridgehead atoms. The number of carbonyl (C=O) groups excluding carboxylic acids is 4. The fourth-order valence-corrected chi connectivity index (χ4v) is 17.9. The summed E-state index contributed by atoms with van der Waals surface area (Å²) in [6, 6.07) is 11.4. The number of esters is 2. The zero-order valence-corrected chi connectivity index (χ0v) is 54.6. The van der Waals surface area contributed by atoms with E-state index in [1.54, 1.807) is 36.8 Å². The predicted molar refractivity (Wildman–Crippen MR) is 342 cm³/mol. The molecule has 6 fully saturated rings. The Labute approximate surface area is 522 Å². The number of rotatable bonds is 5. The molecule has 6 aliphatic heterocycles. The second kappa shape index (κ2) is 28.6. The average molecular weight is 1220 g/mol. The number of allylic oxidation sites excluding steroid dienone is 5. The molecule has 13 rings (SSSR count). The fourth-order valence-electron chi connectivity index (χ4n) is 15.8. The number of anilines is 1. The Morgan fingerprint density at radius 2 is 1.58 bits per heavy atom. The maximum atomic E-state index is 12.1. The summed E-state index contributed by atoms with van der Waals surface area (Å²) < 4.78 is 20.7. The van der Waals surface area contributed by atoms with Gasteiger partial charge < -0.3 is 44.0 Å². The molecule has 11 unspecified atom stereocenters. The summed E-state index contributed by atoms with van der Waals surface area (Å²) in [6.07, 6.45) is 30.2. The number of fused-ring (bicyclic) bond motifs is 6. The molecule has 12 aliphatic rings. The number of nitrogens with one attached hydrogen (secondary N) is 1. The van der Waals surface area contributed by atoms with E-state index < -0.39 is 21.9 Å². The Kier molecular flexibility index (Phi) is 22.2. The number of carbonyl (C=O) groups is 5. The number of hydrogen-bond acceptors (Lipinski definition) is 11. The number of alkyl halides is 1. The second-order valence-corrected chi connectivity index (χ2v) is 28.6. The normalized spacial score (nSPS) is 35.7. The lowest BCUT2D eigenvalue weighted by atomic mass is 9.72. The molecule has 6 heterocycles. The molecule has 86 heavy (non-hydrogen) atoms. The fraction of sp³-hybridized carbons (Fsp3) is 0.657. The van der Waals surface area contributed by atoms with Crippen LogP contribution >= 0.6 is 23.4 Å². The lowest BCUT2D eigenvalue weighted by molar-refractivity contribution is -0.172. The quantitative estimate of drug-likeness (QED) is 0.124. The summed E-state index contributed by atoms with van der Waals surface area (Å²) in [5.41, 5.74) is 7.83. The number of ether oxygens (including phenoxy) is 4. The van der Waals surface area contributed by atoms with E-state index in [1.807, 2.05) is 26.0 Å². The first-order valence-electron chi connectivity index (χ1n) is 31.8. The van der Waals surface area contributed by atoms with E-state index >= 15 is 0 Å². The Balaban J connectivity index is 0.000000136. The van der Waals surface area contributed by atoms with Crippen molar-refractivity contribution < 1.29 is 48.0 Å². The van der Waals surface area contributed by atoms with Crippen LogP contribution in [0.15, 0.2) is 100 Å². The van der Waals surface area contributed by atoms with Gasteiger partial charge in [-0.2, -0.15) is 0 Å². The van der Waals surface area contributed by atoms with Crippen LogP contribution in [0.1, 0.15) is 178 Å². The molecular weight excluding hydrogens is 1120 g/mol. The van der Waals surface area contributed by atoms with Gasteiger partial charge in [0.2, 0.25) is 17.4 Å². The molecule has 1 aromatic carbocycles. The minimum absolute atomic E-state index is 0.0814. The first-order chi connectivity index (χ1) is 41.0. The summed E-state index contributed by atoms with van der Waals surface area (Å²) in [5.74, 6) is 1.54. The van der Waals surface area contributed by atoms with Crippen molar-refractivity contribution >= 4 is 58.8 Å². The molecule has 16 heteroatoms. The van der Waals surface area contributed by atoms with Crippen molar-refractivity contribution in [2.24, 2.45) is 23.7 Å². The van der Waals surface area contributed by atoms with Crippen LogP contribution < -0.4 is 10.2 Å². The highest BCUT2D eigenvalue weighted by atomic mass is 35.5. The minimum atomic E-state index is -1.27. The summed E-state index contributed by atoms with van der Waals surface area (Å²) in [5, 5.41) is 12.7. The number of carboxylic acids is 1. The minimum Gasteiger partial charge on any atom is -0.478 e. The third-order valence-corrected chi connectivity index (χ3v) is 23.1. The number of nitrogens with zero attached hydrogens (tertiary/aromatic N) is 3. The number of methoxy groups -OCH3 is 1.